The lowest BCUT2D eigenvalue weighted by Crippen LogP contribution is -2.27. The van der Waals surface area contributed by atoms with Gasteiger partial charge in [0.1, 0.15) is 11.6 Å². The molecule has 0 aliphatic heterocycles. The van der Waals surface area contributed by atoms with Crippen molar-refractivity contribution in [2.45, 2.75) is 13.3 Å². The molecule has 5 nitrogen and oxygen atoms in total. The van der Waals surface area contributed by atoms with Crippen LogP contribution in [0.1, 0.15) is 11.3 Å². The highest BCUT2D eigenvalue weighted by atomic mass is 32.1. The Hall–Kier alpha value is -2.65. The van der Waals surface area contributed by atoms with Gasteiger partial charge in [-0.3, -0.25) is 4.79 Å². The molecular weight excluding hydrogens is 296 g/mol. The van der Waals surface area contributed by atoms with Crippen molar-refractivity contribution in [3.05, 3.63) is 58.7 Å². The van der Waals surface area contributed by atoms with Crippen molar-refractivity contribution in [2.24, 2.45) is 0 Å². The quantitative estimate of drug-likeness (QED) is 0.635. The molecule has 0 spiro atoms. The molecule has 0 radical (unpaired) electrons. The number of thiazole rings is 1. The maximum atomic E-state index is 11.9. The molecule has 0 atom stereocenters. The van der Waals surface area contributed by atoms with E-state index >= 15 is 0 Å². The second-order valence-electron chi connectivity index (χ2n) is 4.60. The molecule has 0 fully saturated rings. The molecule has 0 saturated heterocycles. The molecule has 0 bridgehead atoms. The molecule has 2 rings (SSSR count). The fourth-order valence-electron chi connectivity index (χ4n) is 1.76. The first-order valence-electron chi connectivity index (χ1n) is 6.80. The molecule has 0 aliphatic carbocycles. The van der Waals surface area contributed by atoms with Gasteiger partial charge in [0.2, 0.25) is 0 Å². The Bertz CT molecular complexity index is 700. The molecule has 0 unspecified atom stereocenters. The average molecular weight is 312 g/mol. The van der Waals surface area contributed by atoms with E-state index in [1.54, 1.807) is 0 Å². The Balaban J connectivity index is 1.85. The van der Waals surface area contributed by atoms with Crippen LogP contribution in [0.2, 0.25) is 0 Å². The third-order valence-electron chi connectivity index (χ3n) is 2.87. The van der Waals surface area contributed by atoms with Crippen molar-refractivity contribution in [2.75, 3.05) is 11.9 Å². The van der Waals surface area contributed by atoms with Crippen LogP contribution in [-0.4, -0.2) is 17.4 Å². The van der Waals surface area contributed by atoms with Gasteiger partial charge in [-0.2, -0.15) is 5.26 Å². The predicted octanol–water partition coefficient (Wildman–Crippen LogP) is 2.63. The third kappa shape index (κ3) is 4.72. The SMILES string of the molecule is Cc1csc(N/C=C(/C#N)C(=O)NCCc2ccccc2)n1. The van der Waals surface area contributed by atoms with E-state index in [0.29, 0.717) is 11.7 Å². The molecule has 6 heteroatoms. The van der Waals surface area contributed by atoms with Crippen molar-refractivity contribution >= 4 is 22.4 Å². The summed E-state index contributed by atoms with van der Waals surface area (Å²) in [6.45, 7) is 2.37. The van der Waals surface area contributed by atoms with Gasteiger partial charge in [0.15, 0.2) is 5.13 Å². The van der Waals surface area contributed by atoms with Crippen molar-refractivity contribution in [1.29, 1.82) is 5.26 Å². The third-order valence-corrected chi connectivity index (χ3v) is 3.76. The number of carbonyl (C=O) groups is 1. The minimum Gasteiger partial charge on any atom is -0.351 e. The van der Waals surface area contributed by atoms with E-state index in [9.17, 15) is 4.79 Å². The van der Waals surface area contributed by atoms with Crippen LogP contribution in [0.5, 0.6) is 0 Å². The van der Waals surface area contributed by atoms with Gasteiger partial charge < -0.3 is 10.6 Å². The highest BCUT2D eigenvalue weighted by Gasteiger charge is 2.08. The normalized spacial score (nSPS) is 10.8. The van der Waals surface area contributed by atoms with Crippen LogP contribution in [-0.2, 0) is 11.2 Å². The molecular formula is C16H16N4OS. The largest absolute Gasteiger partial charge is 0.351 e. The highest BCUT2D eigenvalue weighted by molar-refractivity contribution is 7.13. The maximum absolute atomic E-state index is 11.9. The first-order chi connectivity index (χ1) is 10.7. The van der Waals surface area contributed by atoms with Gasteiger partial charge in [-0.15, -0.1) is 11.3 Å². The summed E-state index contributed by atoms with van der Waals surface area (Å²) in [5.74, 6) is -0.390. The average Bonchev–Trinajstić information content (AvgIpc) is 2.94. The Kier molecular flexibility index (Phi) is 5.69. The van der Waals surface area contributed by atoms with Gasteiger partial charge >= 0.3 is 0 Å². The molecule has 0 aliphatic rings. The van der Waals surface area contributed by atoms with Gasteiger partial charge in [-0.25, -0.2) is 4.98 Å². The van der Waals surface area contributed by atoms with E-state index in [-0.39, 0.29) is 11.5 Å². The fraction of sp³-hybridized carbons (Fsp3) is 0.188. The number of hydrogen-bond donors (Lipinski definition) is 2. The molecule has 1 heterocycles. The number of carbonyl (C=O) groups excluding carboxylic acids is 1. The number of nitriles is 1. The Labute approximate surface area is 133 Å². The zero-order valence-corrected chi connectivity index (χ0v) is 13.0. The van der Waals surface area contributed by atoms with Crippen molar-refractivity contribution < 1.29 is 4.79 Å². The summed E-state index contributed by atoms with van der Waals surface area (Å²) in [6.07, 6.45) is 2.11. The van der Waals surface area contributed by atoms with E-state index < -0.39 is 0 Å². The van der Waals surface area contributed by atoms with Crippen LogP contribution in [0.15, 0.2) is 47.5 Å². The van der Waals surface area contributed by atoms with Crippen molar-refractivity contribution in [3.63, 3.8) is 0 Å². The van der Waals surface area contributed by atoms with E-state index in [4.69, 9.17) is 5.26 Å². The number of aromatic nitrogens is 1. The van der Waals surface area contributed by atoms with Crippen molar-refractivity contribution in [3.8, 4) is 6.07 Å². The van der Waals surface area contributed by atoms with E-state index in [0.717, 1.165) is 17.7 Å². The second kappa shape index (κ2) is 7.96. The summed E-state index contributed by atoms with van der Waals surface area (Å²) in [5.41, 5.74) is 2.06. The number of nitrogens with zero attached hydrogens (tertiary/aromatic N) is 2. The number of amides is 1. The molecule has 2 aromatic rings. The van der Waals surface area contributed by atoms with Gasteiger partial charge in [0.05, 0.1) is 5.69 Å². The summed E-state index contributed by atoms with van der Waals surface area (Å²) in [5, 5.41) is 17.2. The second-order valence-corrected chi connectivity index (χ2v) is 5.46. The first-order valence-corrected chi connectivity index (χ1v) is 7.68. The maximum Gasteiger partial charge on any atom is 0.263 e. The van der Waals surface area contributed by atoms with Crippen LogP contribution in [0.3, 0.4) is 0 Å². The molecule has 1 aromatic heterocycles. The Morgan fingerprint density at radius 2 is 2.18 bits per heavy atom. The number of rotatable bonds is 6. The molecule has 1 aromatic carbocycles. The molecule has 2 N–H and O–H groups in total. The number of anilines is 1. The highest BCUT2D eigenvalue weighted by Crippen LogP contribution is 2.14. The first kappa shape index (κ1) is 15.7. The smallest absolute Gasteiger partial charge is 0.263 e. The molecule has 22 heavy (non-hydrogen) atoms. The van der Waals surface area contributed by atoms with E-state index in [1.165, 1.54) is 17.5 Å². The number of aryl methyl sites for hydroxylation is 1. The predicted molar refractivity (Wildman–Crippen MR) is 87.3 cm³/mol. The summed E-state index contributed by atoms with van der Waals surface area (Å²) >= 11 is 1.42. The van der Waals surface area contributed by atoms with E-state index in [2.05, 4.69) is 15.6 Å². The molecule has 112 valence electrons. The van der Waals surface area contributed by atoms with E-state index in [1.807, 2.05) is 48.7 Å². The zero-order chi connectivity index (χ0) is 15.8. The molecule has 0 saturated carbocycles. The number of hydrogen-bond acceptors (Lipinski definition) is 5. The van der Waals surface area contributed by atoms with Crippen molar-refractivity contribution in [1.82, 2.24) is 10.3 Å². The summed E-state index contributed by atoms with van der Waals surface area (Å²) < 4.78 is 0. The zero-order valence-electron chi connectivity index (χ0n) is 12.2. The lowest BCUT2D eigenvalue weighted by atomic mass is 10.1. The van der Waals surface area contributed by atoms with Gasteiger partial charge in [0.25, 0.3) is 5.91 Å². The number of benzene rings is 1. The summed E-state index contributed by atoms with van der Waals surface area (Å²) in [6, 6.07) is 11.8. The van der Waals surface area contributed by atoms with Crippen LogP contribution < -0.4 is 10.6 Å². The van der Waals surface area contributed by atoms with Gasteiger partial charge in [0, 0.05) is 18.1 Å². The topological polar surface area (TPSA) is 77.8 Å². The molecule has 1 amide bonds. The Morgan fingerprint density at radius 3 is 2.82 bits per heavy atom. The lowest BCUT2D eigenvalue weighted by Gasteiger charge is -2.04. The summed E-state index contributed by atoms with van der Waals surface area (Å²) in [7, 11) is 0. The minimum atomic E-state index is -0.390. The number of nitrogens with one attached hydrogen (secondary N) is 2. The van der Waals surface area contributed by atoms with Crippen LogP contribution in [0, 0.1) is 18.3 Å². The summed E-state index contributed by atoms with van der Waals surface area (Å²) in [4.78, 5) is 16.1. The van der Waals surface area contributed by atoms with Crippen LogP contribution >= 0.6 is 11.3 Å². The van der Waals surface area contributed by atoms with Gasteiger partial charge in [-0.1, -0.05) is 30.3 Å². The van der Waals surface area contributed by atoms with Gasteiger partial charge in [-0.05, 0) is 18.9 Å². The standard InChI is InChI=1S/C16H16N4OS/c1-12-11-22-16(20-12)19-10-14(9-17)15(21)18-8-7-13-5-3-2-4-6-13/h2-6,10-11H,7-8H2,1H3,(H,18,21)(H,19,20)/b14-10-. The lowest BCUT2D eigenvalue weighted by molar-refractivity contribution is -0.117. The monoisotopic (exact) mass is 312 g/mol. The fourth-order valence-corrected chi connectivity index (χ4v) is 2.42. The van der Waals surface area contributed by atoms with Crippen LogP contribution in [0.4, 0.5) is 5.13 Å². The van der Waals surface area contributed by atoms with Crippen LogP contribution in [0.25, 0.3) is 0 Å². The minimum absolute atomic E-state index is 0.0286. The Morgan fingerprint density at radius 1 is 1.41 bits per heavy atom.